The highest BCUT2D eigenvalue weighted by atomic mass is 35.5. The molecule has 0 radical (unpaired) electrons. The molecular weight excluding hydrogens is 498 g/mol. The Morgan fingerprint density at radius 2 is 1.84 bits per heavy atom. The first-order chi connectivity index (χ1) is 18.3. The molecule has 0 spiro atoms. The molecule has 0 aliphatic heterocycles. The fourth-order valence-corrected chi connectivity index (χ4v) is 5.64. The first-order valence-electron chi connectivity index (χ1n) is 13.2. The molecule has 1 fully saturated rings. The topological polar surface area (TPSA) is 88.8 Å². The number of hydrogen-bond donors (Lipinski definition) is 1. The third-order valence-electron chi connectivity index (χ3n) is 7.46. The molecule has 0 unspecified atom stereocenters. The lowest BCUT2D eigenvalue weighted by molar-refractivity contribution is 0.184. The van der Waals surface area contributed by atoms with E-state index in [0.29, 0.717) is 52.8 Å². The predicted octanol–water partition coefficient (Wildman–Crippen LogP) is 5.43. The number of rotatable bonds is 7. The van der Waals surface area contributed by atoms with E-state index < -0.39 is 0 Å². The second-order valence-electron chi connectivity index (χ2n) is 10.4. The number of aryl methyl sites for hydroxylation is 1. The van der Waals surface area contributed by atoms with Gasteiger partial charge in [-0.3, -0.25) is 14.3 Å². The lowest BCUT2D eigenvalue weighted by Crippen LogP contribution is -2.34. The van der Waals surface area contributed by atoms with Crippen LogP contribution < -0.4 is 10.9 Å². The van der Waals surface area contributed by atoms with Gasteiger partial charge in [0.1, 0.15) is 5.65 Å². The van der Waals surface area contributed by atoms with Crippen LogP contribution in [0.5, 0.6) is 0 Å². The average Bonchev–Trinajstić information content (AvgIpc) is 2.91. The zero-order chi connectivity index (χ0) is 26.8. The summed E-state index contributed by atoms with van der Waals surface area (Å²) in [5, 5.41) is 4.48. The number of anilines is 1. The fourth-order valence-electron chi connectivity index (χ4n) is 5.36. The Bertz CT molecular complexity index is 1510. The van der Waals surface area contributed by atoms with Crippen molar-refractivity contribution < 1.29 is 0 Å². The Hall–Kier alpha value is -3.36. The smallest absolute Gasteiger partial charge is 0.260 e. The van der Waals surface area contributed by atoms with Crippen LogP contribution in [0.25, 0.3) is 33.4 Å². The maximum absolute atomic E-state index is 14.0. The Morgan fingerprint density at radius 1 is 1.05 bits per heavy atom. The molecule has 0 saturated heterocycles. The molecular formula is C29H34ClN7O. The van der Waals surface area contributed by atoms with Crippen LogP contribution in [0.15, 0.2) is 47.7 Å². The molecule has 1 aliphatic carbocycles. The summed E-state index contributed by atoms with van der Waals surface area (Å²) >= 11 is 6.79. The number of hydrogen-bond acceptors (Lipinski definition) is 7. The quantitative estimate of drug-likeness (QED) is 0.340. The van der Waals surface area contributed by atoms with Crippen molar-refractivity contribution in [3.63, 3.8) is 0 Å². The third-order valence-corrected chi connectivity index (χ3v) is 7.77. The summed E-state index contributed by atoms with van der Waals surface area (Å²) < 4.78 is 1.84. The van der Waals surface area contributed by atoms with Crippen molar-refractivity contribution in [3.05, 3.63) is 63.9 Å². The van der Waals surface area contributed by atoms with Crippen LogP contribution in [0, 0.1) is 12.8 Å². The van der Waals surface area contributed by atoms with Crippen molar-refractivity contribution in [1.29, 1.82) is 0 Å². The fraction of sp³-hybridized carbons (Fsp3) is 0.414. The van der Waals surface area contributed by atoms with Crippen LogP contribution in [0.4, 0.5) is 5.95 Å². The molecule has 38 heavy (non-hydrogen) atoms. The van der Waals surface area contributed by atoms with Gasteiger partial charge in [0, 0.05) is 58.6 Å². The Balaban J connectivity index is 1.57. The largest absolute Gasteiger partial charge is 0.354 e. The molecule has 9 heteroatoms. The molecule has 1 aromatic carbocycles. The van der Waals surface area contributed by atoms with Crippen LogP contribution in [0.3, 0.4) is 0 Å². The minimum Gasteiger partial charge on any atom is -0.354 e. The number of fused-ring (bicyclic) bond motifs is 1. The van der Waals surface area contributed by atoms with Gasteiger partial charge in [0.2, 0.25) is 5.95 Å². The molecule has 0 bridgehead atoms. The second kappa shape index (κ2) is 11.2. The number of nitrogens with one attached hydrogen (secondary N) is 1. The summed E-state index contributed by atoms with van der Waals surface area (Å²) in [7, 11) is 4.29. The molecule has 4 aromatic rings. The van der Waals surface area contributed by atoms with E-state index in [2.05, 4.69) is 39.3 Å². The number of halogens is 1. The monoisotopic (exact) mass is 531 g/mol. The standard InChI is InChI=1S/C29H34ClN7O/c1-5-32-29-33-15-21-12-24(23-11-8-20(13-25(23)30)26-16-31-14-18(2)34-26)28(38)37(27(21)35-29)17-19-6-9-22(10-7-19)36(3)4/h8,11-16,19,22H,5-7,9-10,17H2,1-4H3,(H,32,33,35). The van der Waals surface area contributed by atoms with E-state index in [1.54, 1.807) is 18.6 Å². The van der Waals surface area contributed by atoms with Gasteiger partial charge < -0.3 is 10.2 Å². The Kier molecular flexibility index (Phi) is 7.72. The molecule has 5 rings (SSSR count). The number of pyridine rings is 1. The van der Waals surface area contributed by atoms with Crippen LogP contribution in [0.1, 0.15) is 38.3 Å². The molecule has 1 N–H and O–H groups in total. The average molecular weight is 532 g/mol. The van der Waals surface area contributed by atoms with Crippen LogP contribution >= 0.6 is 11.6 Å². The second-order valence-corrected chi connectivity index (χ2v) is 10.8. The van der Waals surface area contributed by atoms with Crippen molar-refractivity contribution in [2.45, 2.75) is 52.1 Å². The summed E-state index contributed by atoms with van der Waals surface area (Å²) in [4.78, 5) is 34.4. The summed E-state index contributed by atoms with van der Waals surface area (Å²) in [6, 6.07) is 8.14. The number of nitrogens with zero attached hydrogens (tertiary/aromatic N) is 6. The zero-order valence-electron chi connectivity index (χ0n) is 22.4. The predicted molar refractivity (Wildman–Crippen MR) is 154 cm³/mol. The first-order valence-corrected chi connectivity index (χ1v) is 13.6. The van der Waals surface area contributed by atoms with Gasteiger partial charge in [-0.1, -0.05) is 23.7 Å². The molecule has 8 nitrogen and oxygen atoms in total. The highest BCUT2D eigenvalue weighted by molar-refractivity contribution is 6.33. The van der Waals surface area contributed by atoms with Crippen LogP contribution in [-0.4, -0.2) is 56.1 Å². The van der Waals surface area contributed by atoms with Gasteiger partial charge in [-0.25, -0.2) is 9.97 Å². The van der Waals surface area contributed by atoms with Gasteiger partial charge in [0.25, 0.3) is 5.56 Å². The van der Waals surface area contributed by atoms with Crippen molar-refractivity contribution >= 4 is 28.6 Å². The maximum atomic E-state index is 14.0. The molecule has 3 heterocycles. The highest BCUT2D eigenvalue weighted by Crippen LogP contribution is 2.33. The molecule has 1 aliphatic rings. The van der Waals surface area contributed by atoms with E-state index in [0.717, 1.165) is 48.0 Å². The van der Waals surface area contributed by atoms with E-state index in [1.807, 2.05) is 42.7 Å². The summed E-state index contributed by atoms with van der Waals surface area (Å²) in [6.45, 7) is 5.23. The molecule has 0 amide bonds. The lowest BCUT2D eigenvalue weighted by atomic mass is 9.85. The summed E-state index contributed by atoms with van der Waals surface area (Å²) in [5.41, 5.74) is 4.23. The van der Waals surface area contributed by atoms with E-state index >= 15 is 0 Å². The summed E-state index contributed by atoms with van der Waals surface area (Å²) in [6.07, 6.45) is 9.65. The van der Waals surface area contributed by atoms with Gasteiger partial charge in [-0.15, -0.1) is 0 Å². The van der Waals surface area contributed by atoms with Gasteiger partial charge in [0.05, 0.1) is 17.6 Å². The number of aromatic nitrogens is 5. The van der Waals surface area contributed by atoms with E-state index in [9.17, 15) is 4.79 Å². The molecule has 3 aromatic heterocycles. The third kappa shape index (κ3) is 5.42. The van der Waals surface area contributed by atoms with Crippen molar-refractivity contribution in [2.24, 2.45) is 5.92 Å². The maximum Gasteiger partial charge on any atom is 0.260 e. The minimum absolute atomic E-state index is 0.0848. The van der Waals surface area contributed by atoms with Crippen molar-refractivity contribution in [2.75, 3.05) is 26.0 Å². The van der Waals surface area contributed by atoms with Crippen LogP contribution in [-0.2, 0) is 6.54 Å². The van der Waals surface area contributed by atoms with E-state index in [4.69, 9.17) is 16.6 Å². The Morgan fingerprint density at radius 3 is 2.53 bits per heavy atom. The minimum atomic E-state index is -0.0848. The molecule has 0 atom stereocenters. The van der Waals surface area contributed by atoms with Gasteiger partial charge in [0.15, 0.2) is 0 Å². The zero-order valence-corrected chi connectivity index (χ0v) is 23.2. The van der Waals surface area contributed by atoms with Gasteiger partial charge in [-0.2, -0.15) is 4.98 Å². The SMILES string of the molecule is CCNc1ncc2cc(-c3ccc(-c4cncc(C)n4)cc3Cl)c(=O)n(CC3CCC(N(C)C)CC3)c2n1. The van der Waals surface area contributed by atoms with Crippen molar-refractivity contribution in [1.82, 2.24) is 29.4 Å². The lowest BCUT2D eigenvalue weighted by Gasteiger charge is -2.33. The highest BCUT2D eigenvalue weighted by Gasteiger charge is 2.25. The van der Waals surface area contributed by atoms with Gasteiger partial charge >= 0.3 is 0 Å². The van der Waals surface area contributed by atoms with Crippen LogP contribution in [0.2, 0.25) is 5.02 Å². The first kappa shape index (κ1) is 26.3. The van der Waals surface area contributed by atoms with Gasteiger partial charge in [-0.05, 0) is 71.7 Å². The number of benzene rings is 1. The molecule has 1 saturated carbocycles. The Labute approximate surface area is 228 Å². The van der Waals surface area contributed by atoms with E-state index in [1.165, 1.54) is 0 Å². The normalized spacial score (nSPS) is 17.7. The van der Waals surface area contributed by atoms with Crippen molar-refractivity contribution in [3.8, 4) is 22.4 Å². The molecule has 198 valence electrons. The van der Waals surface area contributed by atoms with E-state index in [-0.39, 0.29) is 5.56 Å². The summed E-state index contributed by atoms with van der Waals surface area (Å²) in [5.74, 6) is 0.941.